The number of methoxy groups -OCH3 is 2. The lowest BCUT2D eigenvalue weighted by Crippen LogP contribution is -2.47. The van der Waals surface area contributed by atoms with Crippen molar-refractivity contribution in [2.75, 3.05) is 20.8 Å². The standard InChI is InChI=1S/C12H22N2O5/c1-18-8(6-11(15)16)7-13-12(17)14-9-4-3-5-10(9)19-2/h8-10H,3-7H2,1-2H3,(H,15,16)(H2,13,14,17). The van der Waals surface area contributed by atoms with Gasteiger partial charge in [-0.1, -0.05) is 0 Å². The molecule has 0 spiro atoms. The number of carbonyl (C=O) groups is 2. The van der Waals surface area contributed by atoms with E-state index in [2.05, 4.69) is 10.6 Å². The molecule has 0 radical (unpaired) electrons. The van der Waals surface area contributed by atoms with Crippen LogP contribution in [0.5, 0.6) is 0 Å². The van der Waals surface area contributed by atoms with Crippen LogP contribution in [0.3, 0.4) is 0 Å². The molecule has 0 aromatic carbocycles. The molecule has 0 heterocycles. The first-order valence-electron chi connectivity index (χ1n) is 6.38. The minimum atomic E-state index is -0.954. The first-order valence-corrected chi connectivity index (χ1v) is 6.38. The van der Waals surface area contributed by atoms with E-state index in [1.807, 2.05) is 0 Å². The van der Waals surface area contributed by atoms with Crippen LogP contribution in [0.4, 0.5) is 4.79 Å². The van der Waals surface area contributed by atoms with Gasteiger partial charge < -0.3 is 25.2 Å². The average Bonchev–Trinajstić information content (AvgIpc) is 2.81. The van der Waals surface area contributed by atoms with Crippen LogP contribution in [0.2, 0.25) is 0 Å². The van der Waals surface area contributed by atoms with E-state index >= 15 is 0 Å². The van der Waals surface area contributed by atoms with Crippen molar-refractivity contribution in [2.24, 2.45) is 0 Å². The maximum Gasteiger partial charge on any atom is 0.315 e. The molecule has 110 valence electrons. The van der Waals surface area contributed by atoms with E-state index in [1.165, 1.54) is 7.11 Å². The van der Waals surface area contributed by atoms with Crippen molar-refractivity contribution < 1.29 is 24.2 Å². The van der Waals surface area contributed by atoms with E-state index in [-0.39, 0.29) is 31.1 Å². The molecule has 7 heteroatoms. The molecule has 7 nitrogen and oxygen atoms in total. The third-order valence-corrected chi connectivity index (χ3v) is 3.30. The zero-order valence-corrected chi connectivity index (χ0v) is 11.3. The molecule has 2 amide bonds. The second kappa shape index (κ2) is 7.96. The SMILES string of the molecule is COC(CNC(=O)NC1CCCC1OC)CC(=O)O. The van der Waals surface area contributed by atoms with Gasteiger partial charge in [0.25, 0.3) is 0 Å². The molecule has 19 heavy (non-hydrogen) atoms. The summed E-state index contributed by atoms with van der Waals surface area (Å²) in [5.41, 5.74) is 0. The van der Waals surface area contributed by atoms with Crippen molar-refractivity contribution >= 4 is 12.0 Å². The number of aliphatic carboxylic acids is 1. The fraction of sp³-hybridized carbons (Fsp3) is 0.833. The zero-order valence-electron chi connectivity index (χ0n) is 11.3. The van der Waals surface area contributed by atoms with Crippen LogP contribution in [-0.2, 0) is 14.3 Å². The van der Waals surface area contributed by atoms with Crippen LogP contribution >= 0.6 is 0 Å². The highest BCUT2D eigenvalue weighted by molar-refractivity contribution is 5.74. The second-order valence-electron chi connectivity index (χ2n) is 4.62. The van der Waals surface area contributed by atoms with Gasteiger partial charge >= 0.3 is 12.0 Å². The Balaban J connectivity index is 2.28. The molecule has 3 unspecified atom stereocenters. The Hall–Kier alpha value is -1.34. The van der Waals surface area contributed by atoms with Gasteiger partial charge in [0.05, 0.1) is 24.7 Å². The van der Waals surface area contributed by atoms with Crippen LogP contribution in [0.15, 0.2) is 0 Å². The molecule has 0 aromatic rings. The van der Waals surface area contributed by atoms with Gasteiger partial charge in [0.2, 0.25) is 0 Å². The Morgan fingerprint density at radius 3 is 2.68 bits per heavy atom. The number of carbonyl (C=O) groups excluding carboxylic acids is 1. The Kier molecular flexibility index (Phi) is 6.58. The van der Waals surface area contributed by atoms with Crippen molar-refractivity contribution in [3.05, 3.63) is 0 Å². The molecular formula is C12H22N2O5. The average molecular weight is 274 g/mol. The van der Waals surface area contributed by atoms with Crippen molar-refractivity contribution in [3.8, 4) is 0 Å². The third-order valence-electron chi connectivity index (χ3n) is 3.30. The first kappa shape index (κ1) is 15.7. The van der Waals surface area contributed by atoms with Gasteiger partial charge in [-0.3, -0.25) is 4.79 Å². The van der Waals surface area contributed by atoms with Gasteiger partial charge in [0.15, 0.2) is 0 Å². The van der Waals surface area contributed by atoms with Crippen LogP contribution in [0.1, 0.15) is 25.7 Å². The van der Waals surface area contributed by atoms with Gasteiger partial charge in [-0.2, -0.15) is 0 Å². The zero-order chi connectivity index (χ0) is 14.3. The number of carboxylic acids is 1. The van der Waals surface area contributed by atoms with Crippen molar-refractivity contribution in [1.82, 2.24) is 10.6 Å². The number of hydrogen-bond donors (Lipinski definition) is 3. The second-order valence-corrected chi connectivity index (χ2v) is 4.62. The summed E-state index contributed by atoms with van der Waals surface area (Å²) in [5.74, 6) is -0.954. The molecule has 1 fully saturated rings. The maximum absolute atomic E-state index is 11.7. The minimum absolute atomic E-state index is 0.0190. The third kappa shape index (κ3) is 5.44. The lowest BCUT2D eigenvalue weighted by atomic mass is 10.2. The van der Waals surface area contributed by atoms with Gasteiger partial charge in [-0.25, -0.2) is 4.79 Å². The van der Waals surface area contributed by atoms with E-state index in [1.54, 1.807) is 7.11 Å². The lowest BCUT2D eigenvalue weighted by molar-refractivity contribution is -0.139. The molecule has 3 N–H and O–H groups in total. The number of carboxylic acid groups (broad SMARTS) is 1. The van der Waals surface area contributed by atoms with E-state index in [0.29, 0.717) is 0 Å². The van der Waals surface area contributed by atoms with Crippen molar-refractivity contribution in [2.45, 2.75) is 43.9 Å². The van der Waals surface area contributed by atoms with E-state index in [9.17, 15) is 9.59 Å². The van der Waals surface area contributed by atoms with Crippen LogP contribution in [0.25, 0.3) is 0 Å². The highest BCUT2D eigenvalue weighted by atomic mass is 16.5. The van der Waals surface area contributed by atoms with E-state index in [4.69, 9.17) is 14.6 Å². The Morgan fingerprint density at radius 2 is 2.11 bits per heavy atom. The first-order chi connectivity index (χ1) is 9.06. The van der Waals surface area contributed by atoms with Crippen molar-refractivity contribution in [1.29, 1.82) is 0 Å². The van der Waals surface area contributed by atoms with Crippen molar-refractivity contribution in [3.63, 3.8) is 0 Å². The largest absolute Gasteiger partial charge is 0.481 e. The molecule has 0 bridgehead atoms. The number of ether oxygens (including phenoxy) is 2. The van der Waals surface area contributed by atoms with Gasteiger partial charge in [-0.15, -0.1) is 0 Å². The molecule has 1 aliphatic rings. The van der Waals surface area contributed by atoms with E-state index in [0.717, 1.165) is 19.3 Å². The molecule has 3 atom stereocenters. The Morgan fingerprint density at radius 1 is 1.37 bits per heavy atom. The predicted octanol–water partition coefficient (Wildman–Crippen LogP) is 0.343. The van der Waals surface area contributed by atoms with E-state index < -0.39 is 12.1 Å². The summed E-state index contributed by atoms with van der Waals surface area (Å²) in [6.45, 7) is 0.166. The quantitative estimate of drug-likeness (QED) is 0.622. The normalized spacial score (nSPS) is 23.9. The molecule has 1 aliphatic carbocycles. The summed E-state index contributed by atoms with van der Waals surface area (Å²) in [6, 6.07) is -0.299. The fourth-order valence-electron chi connectivity index (χ4n) is 2.23. The smallest absolute Gasteiger partial charge is 0.315 e. The van der Waals surface area contributed by atoms with Gasteiger partial charge in [0, 0.05) is 20.8 Å². The highest BCUT2D eigenvalue weighted by Crippen LogP contribution is 2.21. The van der Waals surface area contributed by atoms with Crippen LogP contribution < -0.4 is 10.6 Å². The topological polar surface area (TPSA) is 96.9 Å². The molecule has 0 aliphatic heterocycles. The number of hydrogen-bond acceptors (Lipinski definition) is 4. The van der Waals surface area contributed by atoms with Gasteiger partial charge in [0.1, 0.15) is 0 Å². The highest BCUT2D eigenvalue weighted by Gasteiger charge is 2.28. The predicted molar refractivity (Wildman–Crippen MR) is 68.0 cm³/mol. The van der Waals surface area contributed by atoms with Gasteiger partial charge in [-0.05, 0) is 19.3 Å². The fourth-order valence-corrected chi connectivity index (χ4v) is 2.23. The monoisotopic (exact) mass is 274 g/mol. The maximum atomic E-state index is 11.7. The van der Waals surface area contributed by atoms with Crippen LogP contribution in [0, 0.1) is 0 Å². The lowest BCUT2D eigenvalue weighted by Gasteiger charge is -2.21. The summed E-state index contributed by atoms with van der Waals surface area (Å²) >= 11 is 0. The number of nitrogens with one attached hydrogen (secondary N) is 2. The van der Waals surface area contributed by atoms with Crippen LogP contribution in [-0.4, -0.2) is 56.1 Å². The molecule has 0 aromatic heterocycles. The summed E-state index contributed by atoms with van der Waals surface area (Å²) in [4.78, 5) is 22.2. The molecule has 1 saturated carbocycles. The molecule has 1 rings (SSSR count). The summed E-state index contributed by atoms with van der Waals surface area (Å²) in [7, 11) is 3.06. The number of urea groups is 1. The summed E-state index contributed by atoms with van der Waals surface area (Å²) in [6.07, 6.45) is 2.27. The molecular weight excluding hydrogens is 252 g/mol. The number of amides is 2. The Labute approximate surface area is 112 Å². The summed E-state index contributed by atoms with van der Waals surface area (Å²) < 4.78 is 10.3. The minimum Gasteiger partial charge on any atom is -0.481 e. The number of rotatable bonds is 7. The Bertz CT molecular complexity index is 310. The summed E-state index contributed by atoms with van der Waals surface area (Å²) in [5, 5.41) is 14.1. The molecule has 0 saturated heterocycles.